The Morgan fingerprint density at radius 1 is 1.05 bits per heavy atom. The maximum Gasteiger partial charge on any atom is 0.136 e. The second-order valence-corrected chi connectivity index (χ2v) is 5.57. The normalized spacial score (nSPS) is 12.5. The van der Waals surface area contributed by atoms with E-state index < -0.39 is 0 Å². The van der Waals surface area contributed by atoms with Gasteiger partial charge in [-0.25, -0.2) is 4.39 Å². The minimum absolute atomic E-state index is 0.257. The molecular formula is C18H22FNO. The van der Waals surface area contributed by atoms with Gasteiger partial charge in [-0.3, -0.25) is 0 Å². The van der Waals surface area contributed by atoms with E-state index >= 15 is 0 Å². The molecule has 0 spiro atoms. The van der Waals surface area contributed by atoms with Crippen molar-refractivity contribution in [1.29, 1.82) is 0 Å². The zero-order chi connectivity index (χ0) is 15.4. The lowest BCUT2D eigenvalue weighted by atomic mass is 10.0. The van der Waals surface area contributed by atoms with Gasteiger partial charge in [-0.05, 0) is 47.7 Å². The molecule has 2 aromatic carbocycles. The predicted octanol–water partition coefficient (Wildman–Crippen LogP) is 4.34. The molecule has 0 saturated carbocycles. The quantitative estimate of drug-likeness (QED) is 0.888. The fourth-order valence-corrected chi connectivity index (χ4v) is 2.19. The first-order chi connectivity index (χ1) is 10.0. The minimum atomic E-state index is -0.272. The van der Waals surface area contributed by atoms with Crippen LogP contribution in [0.3, 0.4) is 0 Å². The maximum absolute atomic E-state index is 13.0. The summed E-state index contributed by atoms with van der Waals surface area (Å²) in [6, 6.07) is 12.5. The summed E-state index contributed by atoms with van der Waals surface area (Å²) < 4.78 is 19.1. The summed E-state index contributed by atoms with van der Waals surface area (Å²) in [6.07, 6.45) is -0.272. The van der Waals surface area contributed by atoms with Gasteiger partial charge < -0.3 is 10.5 Å². The van der Waals surface area contributed by atoms with E-state index in [9.17, 15) is 4.39 Å². The molecule has 2 aromatic rings. The standard InChI is InChI=1S/C18H22FNO/c1-12(2)15-5-4-13(3)17(10-15)21-18(11-20)14-6-8-16(19)9-7-14/h4-10,12,18H,11,20H2,1-3H3. The van der Waals surface area contributed by atoms with Crippen molar-refractivity contribution in [3.63, 3.8) is 0 Å². The summed E-state index contributed by atoms with van der Waals surface area (Å²) in [6.45, 7) is 6.65. The van der Waals surface area contributed by atoms with Gasteiger partial charge in [-0.1, -0.05) is 38.1 Å². The Morgan fingerprint density at radius 3 is 2.24 bits per heavy atom. The van der Waals surface area contributed by atoms with Crippen molar-refractivity contribution in [1.82, 2.24) is 0 Å². The van der Waals surface area contributed by atoms with Crippen molar-refractivity contribution >= 4 is 0 Å². The Bertz CT molecular complexity index is 593. The van der Waals surface area contributed by atoms with Crippen molar-refractivity contribution in [2.45, 2.75) is 32.8 Å². The molecule has 1 unspecified atom stereocenters. The first-order valence-corrected chi connectivity index (χ1v) is 7.24. The highest BCUT2D eigenvalue weighted by molar-refractivity contribution is 5.38. The first-order valence-electron chi connectivity index (χ1n) is 7.24. The van der Waals surface area contributed by atoms with Crippen molar-refractivity contribution in [2.24, 2.45) is 5.73 Å². The lowest BCUT2D eigenvalue weighted by Crippen LogP contribution is -2.19. The van der Waals surface area contributed by atoms with Crippen LogP contribution in [0.2, 0.25) is 0 Å². The summed E-state index contributed by atoms with van der Waals surface area (Å²) in [4.78, 5) is 0. The number of aryl methyl sites for hydroxylation is 1. The van der Waals surface area contributed by atoms with Gasteiger partial charge in [-0.2, -0.15) is 0 Å². The molecule has 2 nitrogen and oxygen atoms in total. The van der Waals surface area contributed by atoms with E-state index in [0.717, 1.165) is 16.9 Å². The Kier molecular flexibility index (Phi) is 4.97. The average molecular weight is 287 g/mol. The third-order valence-corrected chi connectivity index (χ3v) is 3.60. The molecule has 0 bridgehead atoms. The largest absolute Gasteiger partial charge is 0.484 e. The molecule has 0 amide bonds. The molecular weight excluding hydrogens is 265 g/mol. The van der Waals surface area contributed by atoms with Crippen LogP contribution in [0.4, 0.5) is 4.39 Å². The second-order valence-electron chi connectivity index (χ2n) is 5.57. The molecule has 3 heteroatoms. The van der Waals surface area contributed by atoms with E-state index in [-0.39, 0.29) is 11.9 Å². The second kappa shape index (κ2) is 6.72. The zero-order valence-electron chi connectivity index (χ0n) is 12.8. The Balaban J connectivity index is 2.26. The average Bonchev–Trinajstić information content (AvgIpc) is 2.47. The first kappa shape index (κ1) is 15.5. The summed E-state index contributed by atoms with van der Waals surface area (Å²) >= 11 is 0. The van der Waals surface area contributed by atoms with Crippen LogP contribution in [0.1, 0.15) is 42.6 Å². The lowest BCUT2D eigenvalue weighted by molar-refractivity contribution is 0.212. The minimum Gasteiger partial charge on any atom is -0.484 e. The number of halogens is 1. The molecule has 21 heavy (non-hydrogen) atoms. The molecule has 112 valence electrons. The molecule has 0 aliphatic rings. The van der Waals surface area contributed by atoms with Gasteiger partial charge >= 0.3 is 0 Å². The maximum atomic E-state index is 13.0. The van der Waals surface area contributed by atoms with Gasteiger partial charge in [0, 0.05) is 6.54 Å². The topological polar surface area (TPSA) is 35.2 Å². The molecule has 1 atom stereocenters. The molecule has 0 aliphatic carbocycles. The van der Waals surface area contributed by atoms with Crippen LogP contribution in [0.25, 0.3) is 0 Å². The van der Waals surface area contributed by atoms with E-state index in [1.807, 2.05) is 6.92 Å². The van der Waals surface area contributed by atoms with Crippen LogP contribution < -0.4 is 10.5 Å². The smallest absolute Gasteiger partial charge is 0.136 e. The molecule has 0 aromatic heterocycles. The Morgan fingerprint density at radius 2 is 1.67 bits per heavy atom. The lowest BCUT2D eigenvalue weighted by Gasteiger charge is -2.20. The summed E-state index contributed by atoms with van der Waals surface area (Å²) in [7, 11) is 0. The number of hydrogen-bond acceptors (Lipinski definition) is 2. The fraction of sp³-hybridized carbons (Fsp3) is 0.333. The van der Waals surface area contributed by atoms with Gasteiger partial charge in [0.05, 0.1) is 0 Å². The SMILES string of the molecule is Cc1ccc(C(C)C)cc1OC(CN)c1ccc(F)cc1. The monoisotopic (exact) mass is 287 g/mol. The van der Waals surface area contributed by atoms with E-state index in [2.05, 4.69) is 32.0 Å². The highest BCUT2D eigenvalue weighted by atomic mass is 19.1. The van der Waals surface area contributed by atoms with Gasteiger partial charge in [-0.15, -0.1) is 0 Å². The zero-order valence-corrected chi connectivity index (χ0v) is 12.8. The number of benzene rings is 2. The van der Waals surface area contributed by atoms with Gasteiger partial charge in [0.1, 0.15) is 17.7 Å². The molecule has 0 heterocycles. The van der Waals surface area contributed by atoms with Gasteiger partial charge in [0.15, 0.2) is 0 Å². The molecule has 2 N–H and O–H groups in total. The van der Waals surface area contributed by atoms with Crippen LogP contribution >= 0.6 is 0 Å². The van der Waals surface area contributed by atoms with Gasteiger partial charge in [0.25, 0.3) is 0 Å². The van der Waals surface area contributed by atoms with Crippen LogP contribution in [0, 0.1) is 12.7 Å². The van der Waals surface area contributed by atoms with Crippen LogP contribution in [-0.2, 0) is 0 Å². The number of hydrogen-bond donors (Lipinski definition) is 1. The number of rotatable bonds is 5. The third kappa shape index (κ3) is 3.82. The van der Waals surface area contributed by atoms with Crippen LogP contribution in [-0.4, -0.2) is 6.54 Å². The Hall–Kier alpha value is -1.87. The summed E-state index contributed by atoms with van der Waals surface area (Å²) in [5.41, 5.74) is 9.00. The van der Waals surface area contributed by atoms with E-state index in [0.29, 0.717) is 12.5 Å². The van der Waals surface area contributed by atoms with Crippen LogP contribution in [0.5, 0.6) is 5.75 Å². The van der Waals surface area contributed by atoms with Crippen LogP contribution in [0.15, 0.2) is 42.5 Å². The number of ether oxygens (including phenoxy) is 1. The third-order valence-electron chi connectivity index (χ3n) is 3.60. The van der Waals surface area contributed by atoms with Crippen molar-refractivity contribution < 1.29 is 9.13 Å². The van der Waals surface area contributed by atoms with E-state index in [1.54, 1.807) is 12.1 Å². The van der Waals surface area contributed by atoms with Crippen molar-refractivity contribution in [2.75, 3.05) is 6.54 Å². The fourth-order valence-electron chi connectivity index (χ4n) is 2.19. The number of nitrogens with two attached hydrogens (primary N) is 1. The predicted molar refractivity (Wildman–Crippen MR) is 84.1 cm³/mol. The van der Waals surface area contributed by atoms with Crippen molar-refractivity contribution in [3.8, 4) is 5.75 Å². The highest BCUT2D eigenvalue weighted by Gasteiger charge is 2.14. The molecule has 0 fully saturated rings. The molecule has 0 saturated heterocycles. The Labute approximate surface area is 125 Å². The molecule has 0 aliphatic heterocycles. The van der Waals surface area contributed by atoms with E-state index in [4.69, 9.17) is 10.5 Å². The summed E-state index contributed by atoms with van der Waals surface area (Å²) in [5.74, 6) is 1.02. The highest BCUT2D eigenvalue weighted by Crippen LogP contribution is 2.28. The van der Waals surface area contributed by atoms with Crippen molar-refractivity contribution in [3.05, 3.63) is 65.0 Å². The molecule has 2 rings (SSSR count). The van der Waals surface area contributed by atoms with Gasteiger partial charge in [0.2, 0.25) is 0 Å². The van der Waals surface area contributed by atoms with E-state index in [1.165, 1.54) is 17.7 Å². The molecule has 0 radical (unpaired) electrons. The summed E-state index contributed by atoms with van der Waals surface area (Å²) in [5, 5.41) is 0.